The van der Waals surface area contributed by atoms with Crippen LogP contribution in [0.4, 0.5) is 4.39 Å². The molecule has 30 heavy (non-hydrogen) atoms. The van der Waals surface area contributed by atoms with Crippen molar-refractivity contribution in [3.63, 3.8) is 0 Å². The number of ether oxygens (including phenoxy) is 1. The van der Waals surface area contributed by atoms with Crippen LogP contribution in [0.15, 0.2) is 46.3 Å². The fraction of sp³-hybridized carbons (Fsp3) is 0.500. The summed E-state index contributed by atoms with van der Waals surface area (Å²) in [5.74, 6) is 1.33. The van der Waals surface area contributed by atoms with E-state index < -0.39 is 5.95 Å². The van der Waals surface area contributed by atoms with Gasteiger partial charge in [0.2, 0.25) is 5.95 Å². The standard InChI is InChI=1S/C24H30FN3OS/c1-24(2,3)23-27-20-13-18(30-19-11-12-26-22(25)14-19)9-10-21(20)28(23)15-16-5-7-17(29-4)8-6-16/h9-14,16-17H,5-8,15H2,1-4H3/t16-,17-. The van der Waals surface area contributed by atoms with Crippen LogP contribution in [0.25, 0.3) is 11.0 Å². The highest BCUT2D eigenvalue weighted by atomic mass is 32.2. The Morgan fingerprint density at radius 3 is 2.50 bits per heavy atom. The lowest BCUT2D eigenvalue weighted by Gasteiger charge is -2.29. The summed E-state index contributed by atoms with van der Waals surface area (Å²) >= 11 is 1.53. The molecule has 0 bridgehead atoms. The number of benzene rings is 1. The number of hydrogen-bond acceptors (Lipinski definition) is 4. The van der Waals surface area contributed by atoms with E-state index in [1.54, 1.807) is 0 Å². The normalized spacial score (nSPS) is 20.0. The zero-order valence-electron chi connectivity index (χ0n) is 18.2. The Labute approximate surface area is 182 Å². The highest BCUT2D eigenvalue weighted by molar-refractivity contribution is 7.99. The third kappa shape index (κ3) is 4.70. The van der Waals surface area contributed by atoms with Gasteiger partial charge in [-0.25, -0.2) is 9.97 Å². The Hall–Kier alpha value is -1.92. The van der Waals surface area contributed by atoms with Crippen LogP contribution in [0.5, 0.6) is 0 Å². The molecule has 0 unspecified atom stereocenters. The Morgan fingerprint density at radius 1 is 1.10 bits per heavy atom. The van der Waals surface area contributed by atoms with Crippen molar-refractivity contribution in [1.82, 2.24) is 14.5 Å². The molecule has 3 aromatic rings. The number of hydrogen-bond donors (Lipinski definition) is 0. The molecule has 0 aliphatic heterocycles. The van der Waals surface area contributed by atoms with E-state index in [-0.39, 0.29) is 5.41 Å². The number of fused-ring (bicyclic) bond motifs is 1. The largest absolute Gasteiger partial charge is 0.381 e. The monoisotopic (exact) mass is 427 g/mol. The quantitative estimate of drug-likeness (QED) is 0.453. The predicted molar refractivity (Wildman–Crippen MR) is 120 cm³/mol. The van der Waals surface area contributed by atoms with Crippen molar-refractivity contribution in [2.45, 2.75) is 74.3 Å². The topological polar surface area (TPSA) is 39.9 Å². The van der Waals surface area contributed by atoms with Crippen molar-refractivity contribution >= 4 is 22.8 Å². The second-order valence-electron chi connectivity index (χ2n) is 9.24. The van der Waals surface area contributed by atoms with Crippen LogP contribution in [0.2, 0.25) is 0 Å². The summed E-state index contributed by atoms with van der Waals surface area (Å²) in [6.07, 6.45) is 6.60. The molecule has 2 aromatic heterocycles. The zero-order valence-corrected chi connectivity index (χ0v) is 19.0. The van der Waals surface area contributed by atoms with E-state index in [0.717, 1.165) is 40.5 Å². The van der Waals surface area contributed by atoms with Gasteiger partial charge in [0, 0.05) is 41.1 Å². The van der Waals surface area contributed by atoms with Crippen LogP contribution in [0, 0.1) is 11.9 Å². The van der Waals surface area contributed by atoms with Gasteiger partial charge in [0.1, 0.15) is 5.82 Å². The van der Waals surface area contributed by atoms with E-state index >= 15 is 0 Å². The van der Waals surface area contributed by atoms with Crippen molar-refractivity contribution < 1.29 is 9.13 Å². The van der Waals surface area contributed by atoms with E-state index in [0.29, 0.717) is 12.0 Å². The molecule has 4 nitrogen and oxygen atoms in total. The maximum atomic E-state index is 13.4. The van der Waals surface area contributed by atoms with Crippen LogP contribution in [-0.4, -0.2) is 27.7 Å². The summed E-state index contributed by atoms with van der Waals surface area (Å²) in [6.45, 7) is 7.67. The lowest BCUT2D eigenvalue weighted by atomic mass is 9.87. The average Bonchev–Trinajstić information content (AvgIpc) is 3.07. The SMILES string of the molecule is CO[C@H]1CC[C@H](Cn2c(C(C)(C)C)nc3cc(Sc4ccnc(F)c4)ccc32)CC1. The summed E-state index contributed by atoms with van der Waals surface area (Å²) in [5.41, 5.74) is 2.15. The Balaban J connectivity index is 1.63. The third-order valence-electron chi connectivity index (χ3n) is 5.89. The van der Waals surface area contributed by atoms with Crippen LogP contribution < -0.4 is 0 Å². The second-order valence-corrected chi connectivity index (χ2v) is 10.4. The van der Waals surface area contributed by atoms with Gasteiger partial charge in [-0.15, -0.1) is 0 Å². The number of nitrogens with zero attached hydrogens (tertiary/aromatic N) is 3. The fourth-order valence-corrected chi connectivity index (χ4v) is 5.19. The fourth-order valence-electron chi connectivity index (χ4n) is 4.32. The zero-order chi connectivity index (χ0) is 21.3. The van der Waals surface area contributed by atoms with Crippen molar-refractivity contribution in [3.05, 3.63) is 48.3 Å². The minimum atomic E-state index is -0.455. The average molecular weight is 428 g/mol. The maximum Gasteiger partial charge on any atom is 0.213 e. The molecule has 1 fully saturated rings. The number of halogens is 1. The van der Waals surface area contributed by atoms with Gasteiger partial charge in [0.05, 0.1) is 17.1 Å². The van der Waals surface area contributed by atoms with E-state index in [1.807, 2.05) is 13.2 Å². The molecule has 0 spiro atoms. The van der Waals surface area contributed by atoms with Gasteiger partial charge in [-0.3, -0.25) is 0 Å². The van der Waals surface area contributed by atoms with Crippen LogP contribution in [-0.2, 0) is 16.7 Å². The first-order valence-electron chi connectivity index (χ1n) is 10.7. The van der Waals surface area contributed by atoms with E-state index in [4.69, 9.17) is 9.72 Å². The second kappa shape index (κ2) is 8.67. The molecule has 0 saturated heterocycles. The molecular formula is C24H30FN3OS. The van der Waals surface area contributed by atoms with E-state index in [1.165, 1.54) is 42.4 Å². The maximum absolute atomic E-state index is 13.4. The molecule has 1 aliphatic rings. The Bertz CT molecular complexity index is 1020. The molecule has 4 rings (SSSR count). The predicted octanol–water partition coefficient (Wildman–Crippen LogP) is 6.22. The van der Waals surface area contributed by atoms with Gasteiger partial charge < -0.3 is 9.30 Å². The molecule has 1 aromatic carbocycles. The third-order valence-corrected chi connectivity index (χ3v) is 6.87. The van der Waals surface area contributed by atoms with Crippen molar-refractivity contribution in [1.29, 1.82) is 0 Å². The molecule has 1 aliphatic carbocycles. The van der Waals surface area contributed by atoms with E-state index in [2.05, 4.69) is 48.5 Å². The Kier molecular flexibility index (Phi) is 6.16. The molecule has 6 heteroatoms. The number of aromatic nitrogens is 3. The molecule has 2 heterocycles. The highest BCUT2D eigenvalue weighted by Gasteiger charge is 2.27. The first-order valence-corrected chi connectivity index (χ1v) is 11.5. The highest BCUT2D eigenvalue weighted by Crippen LogP contribution is 2.34. The molecule has 1 saturated carbocycles. The van der Waals surface area contributed by atoms with Crippen molar-refractivity contribution in [2.24, 2.45) is 5.92 Å². The van der Waals surface area contributed by atoms with Crippen LogP contribution >= 0.6 is 11.8 Å². The lowest BCUT2D eigenvalue weighted by molar-refractivity contribution is 0.0541. The number of rotatable bonds is 5. The molecule has 0 atom stereocenters. The van der Waals surface area contributed by atoms with Gasteiger partial charge in [0.25, 0.3) is 0 Å². The number of imidazole rings is 1. The van der Waals surface area contributed by atoms with Gasteiger partial charge >= 0.3 is 0 Å². The number of methoxy groups -OCH3 is 1. The van der Waals surface area contributed by atoms with Gasteiger partial charge in [-0.05, 0) is 55.9 Å². The molecule has 0 radical (unpaired) electrons. The van der Waals surface area contributed by atoms with Gasteiger partial charge in [-0.2, -0.15) is 4.39 Å². The van der Waals surface area contributed by atoms with Crippen molar-refractivity contribution in [3.8, 4) is 0 Å². The van der Waals surface area contributed by atoms with Crippen molar-refractivity contribution in [2.75, 3.05) is 7.11 Å². The lowest BCUT2D eigenvalue weighted by Crippen LogP contribution is -2.26. The molecular weight excluding hydrogens is 397 g/mol. The first kappa shape index (κ1) is 21.3. The molecule has 0 amide bonds. The Morgan fingerprint density at radius 2 is 1.83 bits per heavy atom. The number of pyridine rings is 1. The summed E-state index contributed by atoms with van der Waals surface area (Å²) in [4.78, 5) is 10.6. The summed E-state index contributed by atoms with van der Waals surface area (Å²) in [7, 11) is 1.82. The smallest absolute Gasteiger partial charge is 0.213 e. The molecule has 160 valence electrons. The van der Waals surface area contributed by atoms with E-state index in [9.17, 15) is 4.39 Å². The van der Waals surface area contributed by atoms with Crippen LogP contribution in [0.1, 0.15) is 52.3 Å². The minimum Gasteiger partial charge on any atom is -0.381 e. The molecule has 0 N–H and O–H groups in total. The van der Waals surface area contributed by atoms with Gasteiger partial charge in [-0.1, -0.05) is 32.5 Å². The first-order chi connectivity index (χ1) is 14.3. The van der Waals surface area contributed by atoms with Crippen LogP contribution in [0.3, 0.4) is 0 Å². The van der Waals surface area contributed by atoms with Gasteiger partial charge in [0.15, 0.2) is 0 Å². The summed E-state index contributed by atoms with van der Waals surface area (Å²) in [5, 5.41) is 0. The summed E-state index contributed by atoms with van der Waals surface area (Å²) < 4.78 is 21.4. The summed E-state index contributed by atoms with van der Waals surface area (Å²) in [6, 6.07) is 9.68. The minimum absolute atomic E-state index is 0.0374.